The molecule has 1 N–H and O–H groups in total. The van der Waals surface area contributed by atoms with Crippen molar-refractivity contribution in [1.82, 2.24) is 0 Å². The molecule has 0 saturated carbocycles. The third-order valence-corrected chi connectivity index (χ3v) is 3.39. The van der Waals surface area contributed by atoms with E-state index in [4.69, 9.17) is 16.0 Å². The summed E-state index contributed by atoms with van der Waals surface area (Å²) >= 11 is 9.44. The van der Waals surface area contributed by atoms with Gasteiger partial charge < -0.3 is 9.52 Å². The fourth-order valence-corrected chi connectivity index (χ4v) is 2.87. The molecule has 3 nitrogen and oxygen atoms in total. The van der Waals surface area contributed by atoms with Crippen LogP contribution < -0.4 is 0 Å². The molecule has 0 amide bonds. The van der Waals surface area contributed by atoms with Gasteiger partial charge in [0.1, 0.15) is 0 Å². The van der Waals surface area contributed by atoms with Gasteiger partial charge in [-0.1, -0.05) is 48.3 Å². The van der Waals surface area contributed by atoms with Gasteiger partial charge in [-0.25, -0.2) is 4.79 Å². The van der Waals surface area contributed by atoms with E-state index in [0.717, 1.165) is 9.86 Å². The second-order valence-corrected chi connectivity index (χ2v) is 6.45. The SMILES string of the molecule is CC(C)(C)c1c(C(=O)O)oc2c(Cl)cc(Br)cc12. The van der Waals surface area contributed by atoms with Crippen molar-refractivity contribution in [3.8, 4) is 0 Å². The van der Waals surface area contributed by atoms with Crippen LogP contribution >= 0.6 is 27.5 Å². The molecule has 2 rings (SSSR count). The van der Waals surface area contributed by atoms with Crippen LogP contribution in [-0.4, -0.2) is 11.1 Å². The summed E-state index contributed by atoms with van der Waals surface area (Å²) in [5, 5.41) is 10.4. The highest BCUT2D eigenvalue weighted by Crippen LogP contribution is 2.39. The van der Waals surface area contributed by atoms with E-state index < -0.39 is 5.97 Å². The lowest BCUT2D eigenvalue weighted by Gasteiger charge is -2.18. The summed E-state index contributed by atoms with van der Waals surface area (Å²) in [6.07, 6.45) is 0. The number of hydrogen-bond donors (Lipinski definition) is 1. The van der Waals surface area contributed by atoms with Crippen molar-refractivity contribution < 1.29 is 14.3 Å². The number of carboxylic acid groups (broad SMARTS) is 1. The molecule has 0 saturated heterocycles. The zero-order valence-electron chi connectivity index (χ0n) is 10.2. The highest BCUT2D eigenvalue weighted by Gasteiger charge is 2.29. The standard InChI is InChI=1S/C13H12BrClO3/c1-13(2,3)9-7-4-6(14)5-8(15)10(7)18-11(9)12(16)17/h4-5H,1-3H3,(H,16,17). The molecule has 96 valence electrons. The first kappa shape index (κ1) is 13.4. The lowest BCUT2D eigenvalue weighted by atomic mass is 9.85. The molecular formula is C13H12BrClO3. The molecule has 0 aliphatic heterocycles. The van der Waals surface area contributed by atoms with E-state index in [9.17, 15) is 9.90 Å². The van der Waals surface area contributed by atoms with E-state index in [-0.39, 0.29) is 11.2 Å². The predicted octanol–water partition coefficient (Wildman–Crippen LogP) is 4.84. The largest absolute Gasteiger partial charge is 0.475 e. The Morgan fingerprint density at radius 2 is 2.00 bits per heavy atom. The van der Waals surface area contributed by atoms with Crippen molar-refractivity contribution in [2.24, 2.45) is 0 Å². The molecule has 0 atom stereocenters. The smallest absolute Gasteiger partial charge is 0.372 e. The molecule has 5 heteroatoms. The van der Waals surface area contributed by atoms with E-state index in [2.05, 4.69) is 15.9 Å². The zero-order chi connectivity index (χ0) is 13.7. The zero-order valence-corrected chi connectivity index (χ0v) is 12.5. The monoisotopic (exact) mass is 330 g/mol. The number of rotatable bonds is 1. The number of benzene rings is 1. The van der Waals surface area contributed by atoms with Crippen LogP contribution in [0.2, 0.25) is 5.02 Å². The summed E-state index contributed by atoms with van der Waals surface area (Å²) < 4.78 is 6.22. The molecule has 0 fully saturated rings. The minimum atomic E-state index is -1.08. The number of halogens is 2. The van der Waals surface area contributed by atoms with Crippen molar-refractivity contribution in [2.45, 2.75) is 26.2 Å². The molecule has 18 heavy (non-hydrogen) atoms. The normalized spacial score (nSPS) is 12.1. The predicted molar refractivity (Wildman–Crippen MR) is 74.6 cm³/mol. The number of carbonyl (C=O) groups is 1. The Hall–Kier alpha value is -1.000. The molecule has 0 aliphatic carbocycles. The van der Waals surface area contributed by atoms with E-state index in [1.165, 1.54) is 0 Å². The average Bonchev–Trinajstić information content (AvgIpc) is 2.56. The summed E-state index contributed by atoms with van der Waals surface area (Å²) in [6, 6.07) is 3.52. The van der Waals surface area contributed by atoms with Crippen molar-refractivity contribution in [1.29, 1.82) is 0 Å². The van der Waals surface area contributed by atoms with Gasteiger partial charge in [0.25, 0.3) is 0 Å². The van der Waals surface area contributed by atoms with E-state index in [1.54, 1.807) is 6.07 Å². The van der Waals surface area contributed by atoms with Crippen molar-refractivity contribution in [2.75, 3.05) is 0 Å². The molecule has 1 aromatic heterocycles. The molecular weight excluding hydrogens is 319 g/mol. The number of hydrogen-bond acceptors (Lipinski definition) is 2. The highest BCUT2D eigenvalue weighted by atomic mass is 79.9. The second-order valence-electron chi connectivity index (χ2n) is 5.13. The van der Waals surface area contributed by atoms with Gasteiger partial charge in [-0.3, -0.25) is 0 Å². The maximum atomic E-state index is 11.3. The topological polar surface area (TPSA) is 50.4 Å². The lowest BCUT2D eigenvalue weighted by Crippen LogP contribution is -2.15. The van der Waals surface area contributed by atoms with Gasteiger partial charge in [0.15, 0.2) is 5.58 Å². The quantitative estimate of drug-likeness (QED) is 0.813. The minimum absolute atomic E-state index is 0.0440. The summed E-state index contributed by atoms with van der Waals surface area (Å²) in [4.78, 5) is 11.3. The first-order chi connectivity index (χ1) is 8.21. The summed E-state index contributed by atoms with van der Waals surface area (Å²) in [6.45, 7) is 5.83. The van der Waals surface area contributed by atoms with Gasteiger partial charge in [-0.15, -0.1) is 0 Å². The maximum Gasteiger partial charge on any atom is 0.372 e. The Kier molecular flexibility index (Phi) is 3.19. The van der Waals surface area contributed by atoms with Crippen LogP contribution in [0.15, 0.2) is 21.0 Å². The molecule has 1 aromatic carbocycles. The van der Waals surface area contributed by atoms with Crippen LogP contribution in [0.3, 0.4) is 0 Å². The summed E-state index contributed by atoms with van der Waals surface area (Å²) in [7, 11) is 0. The molecule has 1 heterocycles. The van der Waals surface area contributed by atoms with Crippen molar-refractivity contribution in [3.63, 3.8) is 0 Å². The van der Waals surface area contributed by atoms with Gasteiger partial charge in [0, 0.05) is 15.4 Å². The Labute approximate surface area is 118 Å². The molecule has 0 bridgehead atoms. The van der Waals surface area contributed by atoms with Gasteiger partial charge >= 0.3 is 5.97 Å². The minimum Gasteiger partial charge on any atom is -0.475 e. The number of furan rings is 1. The summed E-state index contributed by atoms with van der Waals surface area (Å²) in [5.41, 5.74) is 0.735. The van der Waals surface area contributed by atoms with Crippen LogP contribution in [0.5, 0.6) is 0 Å². The number of carboxylic acids is 1. The third-order valence-electron chi connectivity index (χ3n) is 2.65. The molecule has 0 radical (unpaired) electrons. The Morgan fingerprint density at radius 3 is 2.50 bits per heavy atom. The molecule has 0 aliphatic rings. The number of aromatic carboxylic acids is 1. The maximum absolute atomic E-state index is 11.3. The first-order valence-electron chi connectivity index (χ1n) is 5.37. The van der Waals surface area contributed by atoms with Crippen LogP contribution in [0, 0.1) is 0 Å². The third kappa shape index (κ3) is 2.15. The average molecular weight is 332 g/mol. The van der Waals surface area contributed by atoms with Crippen molar-refractivity contribution in [3.05, 3.63) is 33.0 Å². The Morgan fingerprint density at radius 1 is 1.39 bits per heavy atom. The lowest BCUT2D eigenvalue weighted by molar-refractivity contribution is 0.0661. The molecule has 0 unspecified atom stereocenters. The Balaban J connectivity index is 2.95. The summed E-state index contributed by atoms with van der Waals surface area (Å²) in [5.74, 6) is -1.12. The fourth-order valence-electron chi connectivity index (χ4n) is 2.02. The van der Waals surface area contributed by atoms with Gasteiger partial charge in [0.2, 0.25) is 5.76 Å². The molecule has 2 aromatic rings. The first-order valence-corrected chi connectivity index (χ1v) is 6.54. The van der Waals surface area contributed by atoms with Crippen molar-refractivity contribution >= 4 is 44.5 Å². The van der Waals surface area contributed by atoms with Crippen LogP contribution in [0.25, 0.3) is 11.0 Å². The van der Waals surface area contributed by atoms with Gasteiger partial charge in [-0.05, 0) is 17.5 Å². The fraction of sp³-hybridized carbons (Fsp3) is 0.308. The van der Waals surface area contributed by atoms with E-state index >= 15 is 0 Å². The van der Waals surface area contributed by atoms with Gasteiger partial charge in [-0.2, -0.15) is 0 Å². The van der Waals surface area contributed by atoms with Crippen LogP contribution in [0.1, 0.15) is 36.9 Å². The van der Waals surface area contributed by atoms with Crippen LogP contribution in [-0.2, 0) is 5.41 Å². The van der Waals surface area contributed by atoms with E-state index in [0.29, 0.717) is 16.2 Å². The Bertz CT molecular complexity index is 638. The number of fused-ring (bicyclic) bond motifs is 1. The second kappa shape index (κ2) is 4.28. The molecule has 0 spiro atoms. The van der Waals surface area contributed by atoms with Gasteiger partial charge in [0.05, 0.1) is 5.02 Å². The highest BCUT2D eigenvalue weighted by molar-refractivity contribution is 9.10. The van der Waals surface area contributed by atoms with Crippen LogP contribution in [0.4, 0.5) is 0 Å². The van der Waals surface area contributed by atoms with E-state index in [1.807, 2.05) is 26.8 Å².